The normalized spacial score (nSPS) is 10.2. The molecule has 0 bridgehead atoms. The van der Waals surface area contributed by atoms with Crippen LogP contribution < -0.4 is 0 Å². The molecule has 17 heavy (non-hydrogen) atoms. The van der Waals surface area contributed by atoms with Crippen LogP contribution >= 0.6 is 11.6 Å². The maximum Gasteiger partial charge on any atom is 0.142 e. The molecule has 1 aromatic heterocycles. The first kappa shape index (κ1) is 11.7. The molecule has 3 heteroatoms. The van der Waals surface area contributed by atoms with Crippen LogP contribution in [0.4, 0.5) is 0 Å². The number of hydrogen-bond acceptors (Lipinski definition) is 2. The molecule has 2 aromatic rings. The molecule has 2 rings (SSSR count). The van der Waals surface area contributed by atoms with Gasteiger partial charge < -0.3 is 4.52 Å². The van der Waals surface area contributed by atoms with E-state index >= 15 is 0 Å². The van der Waals surface area contributed by atoms with E-state index in [4.69, 9.17) is 16.1 Å². The zero-order valence-electron chi connectivity index (χ0n) is 9.53. The number of nitrogens with zero attached hydrogens (tertiary/aromatic N) is 1. The lowest BCUT2D eigenvalue weighted by Gasteiger charge is -2.03. The third-order valence-corrected chi connectivity index (χ3v) is 2.89. The van der Waals surface area contributed by atoms with Gasteiger partial charge in [0.25, 0.3) is 0 Å². The van der Waals surface area contributed by atoms with Gasteiger partial charge in [0.1, 0.15) is 11.5 Å². The van der Waals surface area contributed by atoms with Crippen LogP contribution in [-0.2, 0) is 0 Å². The molecule has 1 aromatic carbocycles. The van der Waals surface area contributed by atoms with Gasteiger partial charge in [0.15, 0.2) is 0 Å². The van der Waals surface area contributed by atoms with Crippen molar-refractivity contribution in [1.82, 2.24) is 5.16 Å². The van der Waals surface area contributed by atoms with Gasteiger partial charge in [-0.2, -0.15) is 0 Å². The summed E-state index contributed by atoms with van der Waals surface area (Å²) in [6.45, 7) is 9.49. The van der Waals surface area contributed by atoms with Gasteiger partial charge in [0, 0.05) is 5.56 Å². The molecular formula is C14H12ClNO. The van der Waals surface area contributed by atoms with Crippen LogP contribution in [0, 0.1) is 6.92 Å². The summed E-state index contributed by atoms with van der Waals surface area (Å²) in [7, 11) is 0. The van der Waals surface area contributed by atoms with Crippen molar-refractivity contribution >= 4 is 17.2 Å². The smallest absolute Gasteiger partial charge is 0.142 e. The van der Waals surface area contributed by atoms with Gasteiger partial charge in [-0.1, -0.05) is 54.2 Å². The minimum Gasteiger partial charge on any atom is -0.360 e. The van der Waals surface area contributed by atoms with E-state index in [0.717, 1.165) is 16.7 Å². The van der Waals surface area contributed by atoms with Crippen LogP contribution in [0.1, 0.15) is 11.3 Å². The molecule has 0 saturated carbocycles. The van der Waals surface area contributed by atoms with Crippen LogP contribution in [0.3, 0.4) is 0 Å². The van der Waals surface area contributed by atoms with E-state index in [2.05, 4.69) is 18.3 Å². The van der Waals surface area contributed by atoms with Crippen molar-refractivity contribution in [2.24, 2.45) is 0 Å². The summed E-state index contributed by atoms with van der Waals surface area (Å²) in [6.07, 6.45) is 1.68. The highest BCUT2D eigenvalue weighted by atomic mass is 35.5. The lowest BCUT2D eigenvalue weighted by atomic mass is 10.0. The predicted molar refractivity (Wildman–Crippen MR) is 70.9 cm³/mol. The molecular weight excluding hydrogens is 234 g/mol. The molecule has 0 aliphatic heterocycles. The van der Waals surface area contributed by atoms with E-state index in [1.807, 2.05) is 31.2 Å². The van der Waals surface area contributed by atoms with E-state index in [1.54, 1.807) is 6.08 Å². The van der Waals surface area contributed by atoms with Crippen molar-refractivity contribution in [3.05, 3.63) is 59.8 Å². The largest absolute Gasteiger partial charge is 0.360 e. The summed E-state index contributed by atoms with van der Waals surface area (Å²) in [5.41, 5.74) is 3.17. The van der Waals surface area contributed by atoms with Crippen LogP contribution in [-0.4, -0.2) is 5.16 Å². The maximum atomic E-state index is 6.15. The van der Waals surface area contributed by atoms with Crippen LogP contribution in [0.2, 0.25) is 5.02 Å². The van der Waals surface area contributed by atoms with E-state index in [-0.39, 0.29) is 0 Å². The third-order valence-electron chi connectivity index (χ3n) is 2.56. The summed E-state index contributed by atoms with van der Waals surface area (Å²) in [6, 6.07) is 7.51. The molecule has 2 nitrogen and oxygen atoms in total. The number of rotatable bonds is 3. The van der Waals surface area contributed by atoms with Crippen LogP contribution in [0.5, 0.6) is 0 Å². The van der Waals surface area contributed by atoms with E-state index in [9.17, 15) is 0 Å². The Kier molecular flexibility index (Phi) is 3.16. The van der Waals surface area contributed by atoms with Gasteiger partial charge in [0.2, 0.25) is 0 Å². The Morgan fingerprint density at radius 2 is 2.12 bits per heavy atom. The minimum absolute atomic E-state index is 0.638. The zero-order valence-corrected chi connectivity index (χ0v) is 10.3. The Morgan fingerprint density at radius 1 is 1.41 bits per heavy atom. The van der Waals surface area contributed by atoms with Crippen LogP contribution in [0.25, 0.3) is 16.8 Å². The highest BCUT2D eigenvalue weighted by Crippen LogP contribution is 2.34. The minimum atomic E-state index is 0.638. The van der Waals surface area contributed by atoms with Gasteiger partial charge in [-0.15, -0.1) is 0 Å². The maximum absolute atomic E-state index is 6.15. The number of halogens is 1. The topological polar surface area (TPSA) is 26.0 Å². The standard InChI is InChI=1S/C14H12ClNO/c1-4-9(2)13-10(3)17-16-14(13)11-7-5-6-8-12(11)15/h4-8H,1-2H2,3H3. The number of hydrogen-bond donors (Lipinski definition) is 0. The van der Waals surface area contributed by atoms with E-state index < -0.39 is 0 Å². The Hall–Kier alpha value is -1.80. The zero-order chi connectivity index (χ0) is 12.4. The van der Waals surface area contributed by atoms with Crippen molar-refractivity contribution in [2.75, 3.05) is 0 Å². The van der Waals surface area contributed by atoms with Crippen molar-refractivity contribution in [1.29, 1.82) is 0 Å². The Bertz CT molecular complexity index is 584. The third kappa shape index (κ3) is 2.04. The molecule has 0 spiro atoms. The molecule has 0 N–H and O–H groups in total. The number of aromatic nitrogens is 1. The van der Waals surface area contributed by atoms with Crippen molar-refractivity contribution in [2.45, 2.75) is 6.92 Å². The second kappa shape index (κ2) is 4.60. The first-order chi connectivity index (χ1) is 8.15. The molecule has 0 aliphatic rings. The molecule has 0 atom stereocenters. The van der Waals surface area contributed by atoms with Crippen molar-refractivity contribution in [3.63, 3.8) is 0 Å². The average Bonchev–Trinajstić information content (AvgIpc) is 2.71. The molecule has 86 valence electrons. The summed E-state index contributed by atoms with van der Waals surface area (Å²) in [5, 5.41) is 4.69. The second-order valence-electron chi connectivity index (χ2n) is 3.67. The molecule has 0 unspecified atom stereocenters. The van der Waals surface area contributed by atoms with Crippen molar-refractivity contribution < 1.29 is 4.52 Å². The molecule has 0 radical (unpaired) electrons. The average molecular weight is 246 g/mol. The molecule has 0 saturated heterocycles. The molecule has 1 heterocycles. The Balaban J connectivity index is 2.65. The lowest BCUT2D eigenvalue weighted by Crippen LogP contribution is -1.86. The number of benzene rings is 1. The SMILES string of the molecule is C=CC(=C)c1c(-c2ccccc2Cl)noc1C. The van der Waals surface area contributed by atoms with Gasteiger partial charge in [-0.3, -0.25) is 0 Å². The van der Waals surface area contributed by atoms with Gasteiger partial charge >= 0.3 is 0 Å². The van der Waals surface area contributed by atoms with E-state index in [1.165, 1.54) is 0 Å². The monoisotopic (exact) mass is 245 g/mol. The predicted octanol–water partition coefficient (Wildman–Crippen LogP) is 4.50. The summed E-state index contributed by atoms with van der Waals surface area (Å²) < 4.78 is 5.21. The van der Waals surface area contributed by atoms with Crippen LogP contribution in [0.15, 0.2) is 48.0 Å². The fraction of sp³-hybridized carbons (Fsp3) is 0.0714. The van der Waals surface area contributed by atoms with Crippen molar-refractivity contribution in [3.8, 4) is 11.3 Å². The van der Waals surface area contributed by atoms with Gasteiger partial charge in [-0.25, -0.2) is 0 Å². The summed E-state index contributed by atoms with van der Waals surface area (Å²) in [4.78, 5) is 0. The van der Waals surface area contributed by atoms with Gasteiger partial charge in [-0.05, 0) is 18.6 Å². The fourth-order valence-corrected chi connectivity index (χ4v) is 1.91. The Labute approximate surface area is 105 Å². The first-order valence-electron chi connectivity index (χ1n) is 5.18. The molecule has 0 fully saturated rings. The second-order valence-corrected chi connectivity index (χ2v) is 4.08. The first-order valence-corrected chi connectivity index (χ1v) is 5.56. The van der Waals surface area contributed by atoms with E-state index in [0.29, 0.717) is 16.5 Å². The fourth-order valence-electron chi connectivity index (χ4n) is 1.69. The quantitative estimate of drug-likeness (QED) is 0.744. The number of aryl methyl sites for hydroxylation is 1. The lowest BCUT2D eigenvalue weighted by molar-refractivity contribution is 0.399. The summed E-state index contributed by atoms with van der Waals surface area (Å²) in [5.74, 6) is 0.713. The molecule has 0 aliphatic carbocycles. The summed E-state index contributed by atoms with van der Waals surface area (Å²) >= 11 is 6.15. The molecule has 0 amide bonds. The highest BCUT2D eigenvalue weighted by molar-refractivity contribution is 6.33. The number of allylic oxidation sites excluding steroid dienone is 2. The van der Waals surface area contributed by atoms with Gasteiger partial charge in [0.05, 0.1) is 10.6 Å². The Morgan fingerprint density at radius 3 is 2.76 bits per heavy atom. The highest BCUT2D eigenvalue weighted by Gasteiger charge is 2.17.